The van der Waals surface area contributed by atoms with E-state index in [9.17, 15) is 0 Å². The van der Waals surface area contributed by atoms with Gasteiger partial charge in [0, 0.05) is 30.4 Å². The minimum absolute atomic E-state index is 0.664. The molecule has 0 aliphatic heterocycles. The number of nitrogens with zero attached hydrogens (tertiary/aromatic N) is 3. The van der Waals surface area contributed by atoms with Gasteiger partial charge in [-0.05, 0) is 65.9 Å². The van der Waals surface area contributed by atoms with Crippen molar-refractivity contribution in [3.8, 4) is 28.3 Å². The maximum Gasteiger partial charge on any atom is 0.163 e. The number of aryl methyl sites for hydroxylation is 1. The summed E-state index contributed by atoms with van der Waals surface area (Å²) in [5, 5.41) is 4.23. The van der Waals surface area contributed by atoms with Gasteiger partial charge in [-0.2, -0.15) is 0 Å². The Balaban J connectivity index is 1.35. The van der Waals surface area contributed by atoms with Crippen molar-refractivity contribution in [3.63, 3.8) is 0 Å². The number of benzene rings is 3. The highest BCUT2D eigenvalue weighted by atomic mass is 16.5. The average molecular weight is 447 g/mol. The number of aromatic nitrogens is 3. The minimum atomic E-state index is 0.664. The molecule has 0 radical (unpaired) electrons. The molecular formula is C29H26N4O. The Bertz CT molecular complexity index is 1390. The monoisotopic (exact) mass is 446 g/mol. The lowest BCUT2D eigenvalue weighted by Crippen LogP contribution is -2.00. The number of fused-ring (bicyclic) bond motifs is 1. The highest BCUT2D eigenvalue weighted by molar-refractivity contribution is 5.93. The molecule has 0 amide bonds. The van der Waals surface area contributed by atoms with Gasteiger partial charge in [0.25, 0.3) is 0 Å². The zero-order valence-corrected chi connectivity index (χ0v) is 19.1. The fraction of sp³-hybridized carbons (Fsp3) is 0.138. The number of hydrogen-bond donors (Lipinski definition) is 1. The normalized spacial score (nSPS) is 10.9. The van der Waals surface area contributed by atoms with Gasteiger partial charge in [0.2, 0.25) is 0 Å². The van der Waals surface area contributed by atoms with Crippen LogP contribution >= 0.6 is 0 Å². The maximum absolute atomic E-state index is 5.83. The van der Waals surface area contributed by atoms with Gasteiger partial charge in [-0.1, -0.05) is 48.5 Å². The molecule has 2 heterocycles. The Morgan fingerprint density at radius 3 is 2.47 bits per heavy atom. The van der Waals surface area contributed by atoms with Crippen molar-refractivity contribution in [1.82, 2.24) is 15.0 Å². The standard InChI is InChI=1S/C29H26N4O/c1-30-29-26-19-23(14-15-27(26)32-28(33-29)24-11-6-16-31-20-24)22-10-5-8-21(18-22)9-7-17-34-25-12-3-2-4-13-25/h2-6,8,10-16,18-20H,7,9,17H2,1H3,(H,30,32,33). The Morgan fingerprint density at radius 2 is 1.65 bits per heavy atom. The zero-order chi connectivity index (χ0) is 23.2. The summed E-state index contributed by atoms with van der Waals surface area (Å²) in [5.41, 5.74) is 5.42. The number of anilines is 1. The Labute approximate surface area is 199 Å². The van der Waals surface area contributed by atoms with Crippen LogP contribution in [0.5, 0.6) is 5.75 Å². The van der Waals surface area contributed by atoms with Crippen molar-refractivity contribution in [2.75, 3.05) is 19.0 Å². The summed E-state index contributed by atoms with van der Waals surface area (Å²) in [7, 11) is 1.89. The molecule has 0 saturated carbocycles. The second-order valence-electron chi connectivity index (χ2n) is 8.08. The highest BCUT2D eigenvalue weighted by Crippen LogP contribution is 2.30. The first-order valence-electron chi connectivity index (χ1n) is 11.5. The molecule has 2 aromatic heterocycles. The number of para-hydroxylation sites is 1. The summed E-state index contributed by atoms with van der Waals surface area (Å²) in [6, 6.07) is 28.9. The van der Waals surface area contributed by atoms with E-state index < -0.39 is 0 Å². The molecule has 0 unspecified atom stereocenters. The smallest absolute Gasteiger partial charge is 0.163 e. The number of nitrogens with one attached hydrogen (secondary N) is 1. The first-order valence-corrected chi connectivity index (χ1v) is 11.5. The lowest BCUT2D eigenvalue weighted by molar-refractivity contribution is 0.311. The first-order chi connectivity index (χ1) is 16.8. The molecule has 0 bridgehead atoms. The predicted octanol–water partition coefficient (Wildman–Crippen LogP) is 6.41. The van der Waals surface area contributed by atoms with E-state index in [2.05, 4.69) is 52.8 Å². The summed E-state index contributed by atoms with van der Waals surface area (Å²) < 4.78 is 5.83. The SMILES string of the molecule is CNc1nc(-c2cccnc2)nc2ccc(-c3cccc(CCCOc4ccccc4)c3)cc12. The molecule has 1 N–H and O–H groups in total. The highest BCUT2D eigenvalue weighted by Gasteiger charge is 2.10. The Hall–Kier alpha value is -4.25. The number of ether oxygens (including phenoxy) is 1. The molecular weight excluding hydrogens is 420 g/mol. The van der Waals surface area contributed by atoms with Gasteiger partial charge in [-0.3, -0.25) is 4.98 Å². The van der Waals surface area contributed by atoms with Gasteiger partial charge in [0.1, 0.15) is 11.6 Å². The van der Waals surface area contributed by atoms with Gasteiger partial charge in [-0.15, -0.1) is 0 Å². The van der Waals surface area contributed by atoms with Crippen molar-refractivity contribution in [2.24, 2.45) is 0 Å². The minimum Gasteiger partial charge on any atom is -0.494 e. The van der Waals surface area contributed by atoms with Crippen molar-refractivity contribution >= 4 is 16.7 Å². The molecule has 5 rings (SSSR count). The van der Waals surface area contributed by atoms with Gasteiger partial charge in [0.05, 0.1) is 12.1 Å². The van der Waals surface area contributed by atoms with E-state index in [0.29, 0.717) is 12.4 Å². The molecule has 5 aromatic rings. The van der Waals surface area contributed by atoms with E-state index in [0.717, 1.165) is 46.4 Å². The summed E-state index contributed by atoms with van der Waals surface area (Å²) in [4.78, 5) is 13.7. The maximum atomic E-state index is 5.83. The fourth-order valence-corrected chi connectivity index (χ4v) is 4.01. The van der Waals surface area contributed by atoms with Crippen LogP contribution in [0, 0.1) is 0 Å². The molecule has 3 aromatic carbocycles. The van der Waals surface area contributed by atoms with Crippen LogP contribution in [-0.2, 0) is 6.42 Å². The van der Waals surface area contributed by atoms with Gasteiger partial charge in [-0.25, -0.2) is 9.97 Å². The molecule has 0 saturated heterocycles. The van der Waals surface area contributed by atoms with E-state index in [1.807, 2.05) is 49.5 Å². The van der Waals surface area contributed by atoms with Crippen molar-refractivity contribution < 1.29 is 4.74 Å². The third kappa shape index (κ3) is 4.89. The topological polar surface area (TPSA) is 59.9 Å². The van der Waals surface area contributed by atoms with E-state index in [1.54, 1.807) is 12.4 Å². The molecule has 0 aliphatic rings. The van der Waals surface area contributed by atoms with Crippen LogP contribution in [0.4, 0.5) is 5.82 Å². The summed E-state index contributed by atoms with van der Waals surface area (Å²) in [6.07, 6.45) is 5.46. The molecule has 5 nitrogen and oxygen atoms in total. The second-order valence-corrected chi connectivity index (χ2v) is 8.08. The molecule has 5 heteroatoms. The number of hydrogen-bond acceptors (Lipinski definition) is 5. The largest absolute Gasteiger partial charge is 0.494 e. The second kappa shape index (κ2) is 10.1. The molecule has 0 aliphatic carbocycles. The zero-order valence-electron chi connectivity index (χ0n) is 19.1. The van der Waals surface area contributed by atoms with Gasteiger partial charge in [0.15, 0.2) is 5.82 Å². The molecule has 0 atom stereocenters. The average Bonchev–Trinajstić information content (AvgIpc) is 2.91. The van der Waals surface area contributed by atoms with E-state index in [4.69, 9.17) is 14.7 Å². The Morgan fingerprint density at radius 1 is 0.794 bits per heavy atom. The van der Waals surface area contributed by atoms with Crippen LogP contribution in [0.25, 0.3) is 33.4 Å². The van der Waals surface area contributed by atoms with Crippen molar-refractivity contribution in [3.05, 3.63) is 103 Å². The predicted molar refractivity (Wildman–Crippen MR) is 138 cm³/mol. The van der Waals surface area contributed by atoms with Crippen LogP contribution in [0.15, 0.2) is 97.3 Å². The number of rotatable bonds is 8. The molecule has 168 valence electrons. The third-order valence-corrected chi connectivity index (χ3v) is 5.73. The number of pyridine rings is 1. The van der Waals surface area contributed by atoms with Crippen LogP contribution in [0.3, 0.4) is 0 Å². The quantitative estimate of drug-likeness (QED) is 0.279. The van der Waals surface area contributed by atoms with Gasteiger partial charge < -0.3 is 10.1 Å². The van der Waals surface area contributed by atoms with Crippen molar-refractivity contribution in [2.45, 2.75) is 12.8 Å². The summed E-state index contributed by atoms with van der Waals surface area (Å²) >= 11 is 0. The lowest BCUT2D eigenvalue weighted by atomic mass is 9.99. The van der Waals surface area contributed by atoms with Crippen LogP contribution in [-0.4, -0.2) is 28.6 Å². The fourth-order valence-electron chi connectivity index (χ4n) is 4.01. The third-order valence-electron chi connectivity index (χ3n) is 5.73. The molecule has 0 spiro atoms. The van der Waals surface area contributed by atoms with E-state index in [1.165, 1.54) is 11.1 Å². The van der Waals surface area contributed by atoms with Crippen molar-refractivity contribution in [1.29, 1.82) is 0 Å². The van der Waals surface area contributed by atoms with Crippen LogP contribution in [0.1, 0.15) is 12.0 Å². The van der Waals surface area contributed by atoms with E-state index >= 15 is 0 Å². The van der Waals surface area contributed by atoms with Gasteiger partial charge >= 0.3 is 0 Å². The summed E-state index contributed by atoms with van der Waals surface area (Å²) in [6.45, 7) is 0.701. The molecule has 34 heavy (non-hydrogen) atoms. The molecule has 0 fully saturated rings. The van der Waals surface area contributed by atoms with Crippen LogP contribution < -0.4 is 10.1 Å². The van der Waals surface area contributed by atoms with E-state index in [-0.39, 0.29) is 0 Å². The summed E-state index contributed by atoms with van der Waals surface area (Å²) in [5.74, 6) is 2.39. The first kappa shape index (κ1) is 21.6. The Kier molecular flexibility index (Phi) is 6.43. The lowest BCUT2D eigenvalue weighted by Gasteiger charge is -2.11. The van der Waals surface area contributed by atoms with Crippen LogP contribution in [0.2, 0.25) is 0 Å².